The Morgan fingerprint density at radius 1 is 1.24 bits per heavy atom. The van der Waals surface area contributed by atoms with Crippen LogP contribution in [0.15, 0.2) is 30.6 Å². The van der Waals surface area contributed by atoms with E-state index >= 15 is 0 Å². The number of carbonyl (C=O) groups is 2. The van der Waals surface area contributed by atoms with Gasteiger partial charge in [0.1, 0.15) is 17.3 Å². The summed E-state index contributed by atoms with van der Waals surface area (Å²) >= 11 is 0. The van der Waals surface area contributed by atoms with Crippen molar-refractivity contribution < 1.29 is 14.7 Å². The van der Waals surface area contributed by atoms with E-state index in [0.29, 0.717) is 11.5 Å². The summed E-state index contributed by atoms with van der Waals surface area (Å²) in [6, 6.07) is 6.13. The Labute approximate surface area is 169 Å². The van der Waals surface area contributed by atoms with Crippen LogP contribution in [0.5, 0.6) is 0 Å². The van der Waals surface area contributed by atoms with Gasteiger partial charge in [0.15, 0.2) is 0 Å². The molecule has 0 saturated carbocycles. The van der Waals surface area contributed by atoms with Gasteiger partial charge in [0.05, 0.1) is 23.4 Å². The molecule has 9 heteroatoms. The second-order valence-electron chi connectivity index (χ2n) is 6.55. The highest BCUT2D eigenvalue weighted by Crippen LogP contribution is 2.17. The van der Waals surface area contributed by atoms with Gasteiger partial charge in [0.25, 0.3) is 12.4 Å². The second kappa shape index (κ2) is 10.2. The molecule has 2 heterocycles. The molecule has 2 N–H and O–H groups in total. The lowest BCUT2D eigenvalue weighted by Gasteiger charge is -2.21. The van der Waals surface area contributed by atoms with Crippen molar-refractivity contribution >= 4 is 29.2 Å². The number of imidazole rings is 1. The molecule has 0 aliphatic rings. The van der Waals surface area contributed by atoms with Crippen molar-refractivity contribution in [2.24, 2.45) is 0 Å². The molecule has 0 atom stereocenters. The summed E-state index contributed by atoms with van der Waals surface area (Å²) < 4.78 is 0. The van der Waals surface area contributed by atoms with E-state index in [1.54, 1.807) is 20.3 Å². The zero-order valence-electron chi connectivity index (χ0n) is 17.1. The molecule has 1 amide bonds. The van der Waals surface area contributed by atoms with Crippen molar-refractivity contribution in [1.82, 2.24) is 24.8 Å². The van der Waals surface area contributed by atoms with Crippen LogP contribution < -0.4 is 4.90 Å². The summed E-state index contributed by atoms with van der Waals surface area (Å²) in [5.74, 6) is 1.50. The minimum absolute atomic E-state index is 0.150. The third-order valence-corrected chi connectivity index (χ3v) is 4.33. The van der Waals surface area contributed by atoms with Crippen molar-refractivity contribution in [1.29, 1.82) is 0 Å². The summed E-state index contributed by atoms with van der Waals surface area (Å²) in [6.45, 7) is 5.39. The van der Waals surface area contributed by atoms with Gasteiger partial charge in [-0.15, -0.1) is 0 Å². The fourth-order valence-electron chi connectivity index (χ4n) is 2.86. The highest BCUT2D eigenvalue weighted by molar-refractivity contribution is 5.91. The number of likely N-dealkylation sites (N-methyl/N-ethyl adjacent to an activating group) is 1. The summed E-state index contributed by atoms with van der Waals surface area (Å²) in [5.41, 5.74) is 3.59. The third kappa shape index (κ3) is 5.50. The molecule has 0 aliphatic carbocycles. The van der Waals surface area contributed by atoms with Crippen LogP contribution in [-0.4, -0.2) is 69.5 Å². The number of H-pyrrole nitrogens is 1. The summed E-state index contributed by atoms with van der Waals surface area (Å²) in [6.07, 6.45) is 3.95. The number of rotatable bonds is 6. The molecule has 0 saturated heterocycles. The number of para-hydroxylation sites is 1. The SMILES string of the molecule is CCN(CCc1nc2c(C)cccc2[nH]1)c1cncc(C(=O)N(C)C)n1.O=CO. The third-order valence-electron chi connectivity index (χ3n) is 4.33. The Kier molecular flexibility index (Phi) is 7.64. The van der Waals surface area contributed by atoms with Crippen LogP contribution >= 0.6 is 0 Å². The number of amides is 1. The van der Waals surface area contributed by atoms with Gasteiger partial charge in [0.2, 0.25) is 0 Å². The number of nitrogens with zero attached hydrogens (tertiary/aromatic N) is 5. The standard InChI is InChI=1S/C19H24N6O.CH2O2/c1-5-25(17-12-20-11-15(22-17)19(26)24(3)4)10-9-16-21-14-8-6-7-13(2)18(14)23-16;2-1-3/h6-8,11-12H,5,9-10H2,1-4H3,(H,21,23);1H,(H,2,3). The van der Waals surface area contributed by atoms with Crippen LogP contribution in [0.4, 0.5) is 5.82 Å². The largest absolute Gasteiger partial charge is 0.483 e. The Morgan fingerprint density at radius 2 is 1.97 bits per heavy atom. The van der Waals surface area contributed by atoms with Gasteiger partial charge in [-0.05, 0) is 25.5 Å². The van der Waals surface area contributed by atoms with Crippen molar-refractivity contribution in [3.63, 3.8) is 0 Å². The Bertz CT molecular complexity index is 970. The molecule has 0 radical (unpaired) electrons. The Morgan fingerprint density at radius 3 is 2.59 bits per heavy atom. The van der Waals surface area contributed by atoms with E-state index < -0.39 is 0 Å². The number of carbonyl (C=O) groups excluding carboxylic acids is 1. The van der Waals surface area contributed by atoms with Crippen LogP contribution in [0.1, 0.15) is 28.8 Å². The quantitative estimate of drug-likeness (QED) is 0.611. The molecule has 0 spiro atoms. The maximum absolute atomic E-state index is 12.1. The van der Waals surface area contributed by atoms with Gasteiger partial charge in [-0.25, -0.2) is 9.97 Å². The van der Waals surface area contributed by atoms with E-state index in [0.717, 1.165) is 41.9 Å². The average molecular weight is 398 g/mol. The number of aromatic nitrogens is 4. The van der Waals surface area contributed by atoms with Crippen LogP contribution in [0.3, 0.4) is 0 Å². The van der Waals surface area contributed by atoms with E-state index in [4.69, 9.17) is 14.9 Å². The monoisotopic (exact) mass is 398 g/mol. The maximum atomic E-state index is 12.1. The van der Waals surface area contributed by atoms with E-state index in [1.807, 2.05) is 12.1 Å². The fourth-order valence-corrected chi connectivity index (χ4v) is 2.86. The molecule has 0 bridgehead atoms. The first kappa shape index (κ1) is 21.8. The molecule has 2 aromatic heterocycles. The van der Waals surface area contributed by atoms with Crippen molar-refractivity contribution in [3.8, 4) is 0 Å². The van der Waals surface area contributed by atoms with Gasteiger partial charge in [0, 0.05) is 33.6 Å². The van der Waals surface area contributed by atoms with Crippen LogP contribution in [0.2, 0.25) is 0 Å². The zero-order chi connectivity index (χ0) is 21.4. The zero-order valence-corrected chi connectivity index (χ0v) is 17.1. The topological polar surface area (TPSA) is 115 Å². The number of anilines is 1. The molecular formula is C20H26N6O3. The van der Waals surface area contributed by atoms with Gasteiger partial charge in [-0.1, -0.05) is 12.1 Å². The van der Waals surface area contributed by atoms with Gasteiger partial charge in [-0.2, -0.15) is 0 Å². The first-order chi connectivity index (χ1) is 13.9. The van der Waals surface area contributed by atoms with Crippen LogP contribution in [0, 0.1) is 6.92 Å². The normalized spacial score (nSPS) is 10.2. The molecular weight excluding hydrogens is 372 g/mol. The molecule has 9 nitrogen and oxygen atoms in total. The minimum atomic E-state index is -0.250. The van der Waals surface area contributed by atoms with E-state index in [1.165, 1.54) is 11.1 Å². The Balaban J connectivity index is 0.000000941. The number of fused-ring (bicyclic) bond motifs is 1. The molecule has 3 aromatic rings. The molecule has 0 fully saturated rings. The summed E-state index contributed by atoms with van der Waals surface area (Å²) in [4.78, 5) is 40.8. The van der Waals surface area contributed by atoms with Gasteiger partial charge in [-0.3, -0.25) is 14.6 Å². The molecule has 154 valence electrons. The predicted octanol–water partition coefficient (Wildman–Crippen LogP) is 2.13. The summed E-state index contributed by atoms with van der Waals surface area (Å²) in [5, 5.41) is 6.89. The molecule has 3 rings (SSSR count). The average Bonchev–Trinajstić information content (AvgIpc) is 3.13. The lowest BCUT2D eigenvalue weighted by atomic mass is 10.2. The van der Waals surface area contributed by atoms with Gasteiger partial charge >= 0.3 is 0 Å². The first-order valence-electron chi connectivity index (χ1n) is 9.21. The van der Waals surface area contributed by atoms with Gasteiger partial charge < -0.3 is 19.9 Å². The highest BCUT2D eigenvalue weighted by atomic mass is 16.3. The number of carboxylic acid groups (broad SMARTS) is 1. The minimum Gasteiger partial charge on any atom is -0.483 e. The van der Waals surface area contributed by atoms with Crippen molar-refractivity contribution in [2.45, 2.75) is 20.3 Å². The number of hydrogen-bond acceptors (Lipinski definition) is 6. The van der Waals surface area contributed by atoms with E-state index in [2.05, 4.69) is 39.8 Å². The van der Waals surface area contributed by atoms with E-state index in [9.17, 15) is 4.79 Å². The number of aryl methyl sites for hydroxylation is 1. The molecule has 1 aromatic carbocycles. The van der Waals surface area contributed by atoms with Crippen molar-refractivity contribution in [2.75, 3.05) is 32.1 Å². The maximum Gasteiger partial charge on any atom is 0.290 e. The van der Waals surface area contributed by atoms with Crippen molar-refractivity contribution in [3.05, 3.63) is 47.7 Å². The lowest BCUT2D eigenvalue weighted by Crippen LogP contribution is -2.28. The van der Waals surface area contributed by atoms with Crippen LogP contribution in [-0.2, 0) is 11.2 Å². The van der Waals surface area contributed by atoms with E-state index in [-0.39, 0.29) is 12.4 Å². The summed E-state index contributed by atoms with van der Waals surface area (Å²) in [7, 11) is 3.41. The Hall–Kier alpha value is -3.49. The number of aromatic amines is 1. The molecule has 0 unspecified atom stereocenters. The first-order valence-corrected chi connectivity index (χ1v) is 9.21. The molecule has 29 heavy (non-hydrogen) atoms. The number of nitrogens with one attached hydrogen (secondary N) is 1. The predicted molar refractivity (Wildman–Crippen MR) is 111 cm³/mol. The molecule has 0 aliphatic heterocycles. The smallest absolute Gasteiger partial charge is 0.290 e. The second-order valence-corrected chi connectivity index (χ2v) is 6.55. The fraction of sp³-hybridized carbons (Fsp3) is 0.350. The van der Waals surface area contributed by atoms with Crippen LogP contribution in [0.25, 0.3) is 11.0 Å². The lowest BCUT2D eigenvalue weighted by molar-refractivity contribution is -0.122. The number of benzene rings is 1. The number of hydrogen-bond donors (Lipinski definition) is 2. The highest BCUT2D eigenvalue weighted by Gasteiger charge is 2.14.